The molecule has 0 spiro atoms. The summed E-state index contributed by atoms with van der Waals surface area (Å²) in [6.07, 6.45) is 2.71. The first-order chi connectivity index (χ1) is 5.60. The summed E-state index contributed by atoms with van der Waals surface area (Å²) in [5, 5.41) is 8.94. The van der Waals surface area contributed by atoms with Crippen LogP contribution in [0.1, 0.15) is 6.42 Å². The summed E-state index contributed by atoms with van der Waals surface area (Å²) in [6, 6.07) is 0. The van der Waals surface area contributed by atoms with Crippen molar-refractivity contribution in [2.45, 2.75) is 6.42 Å². The van der Waals surface area contributed by atoms with Gasteiger partial charge in [-0.3, -0.25) is 4.79 Å². The fraction of sp³-hybridized carbons (Fsp3) is 0.222. The number of hydrogen-bond donors (Lipinski definition) is 1. The van der Waals surface area contributed by atoms with Crippen LogP contribution in [0.25, 0.3) is 0 Å². The summed E-state index contributed by atoms with van der Waals surface area (Å²) in [4.78, 5) is 10.7. The van der Waals surface area contributed by atoms with E-state index < -0.39 is 0 Å². The number of allylic oxidation sites excluding steroid dienone is 2. The van der Waals surface area contributed by atoms with Gasteiger partial charge in [-0.05, 0) is 17.7 Å². The largest absolute Gasteiger partial charge is 0.508 e. The lowest BCUT2D eigenvalue weighted by Gasteiger charge is -1.98. The van der Waals surface area contributed by atoms with Crippen molar-refractivity contribution in [1.82, 2.24) is 0 Å². The molecule has 0 unspecified atom stereocenters. The van der Waals surface area contributed by atoms with Crippen molar-refractivity contribution >= 4 is 5.97 Å². The van der Waals surface area contributed by atoms with Gasteiger partial charge in [0.1, 0.15) is 5.76 Å². The van der Waals surface area contributed by atoms with Crippen LogP contribution < -0.4 is 0 Å². The van der Waals surface area contributed by atoms with Gasteiger partial charge in [0.15, 0.2) is 0 Å². The normalized spacial score (nSPS) is 10.6. The topological polar surface area (TPSA) is 46.5 Å². The molecule has 0 aromatic rings. The van der Waals surface area contributed by atoms with Gasteiger partial charge in [-0.25, -0.2) is 0 Å². The van der Waals surface area contributed by atoms with Gasteiger partial charge in [-0.1, -0.05) is 13.2 Å². The first kappa shape index (κ1) is 10.5. The van der Waals surface area contributed by atoms with Gasteiger partial charge in [0, 0.05) is 0 Å². The van der Waals surface area contributed by atoms with E-state index >= 15 is 0 Å². The lowest BCUT2D eigenvalue weighted by atomic mass is 10.2. The Kier molecular flexibility index (Phi) is 4.53. The fourth-order valence-corrected chi connectivity index (χ4v) is 0.577. The summed E-state index contributed by atoms with van der Waals surface area (Å²) in [6.45, 7) is 6.88. The Morgan fingerprint density at radius 3 is 2.67 bits per heavy atom. The number of aliphatic hydroxyl groups is 1. The summed E-state index contributed by atoms with van der Waals surface area (Å²) >= 11 is 0. The van der Waals surface area contributed by atoms with Crippen LogP contribution in [0.2, 0.25) is 0 Å². The van der Waals surface area contributed by atoms with Crippen LogP contribution in [0, 0.1) is 0 Å². The molecule has 0 aromatic heterocycles. The Bertz CT molecular complexity index is 226. The van der Waals surface area contributed by atoms with Crippen LogP contribution in [0.15, 0.2) is 36.6 Å². The van der Waals surface area contributed by atoms with Crippen LogP contribution in [0.4, 0.5) is 0 Å². The van der Waals surface area contributed by atoms with E-state index in [0.29, 0.717) is 5.57 Å². The number of carbonyl (C=O) groups is 1. The lowest BCUT2D eigenvalue weighted by Crippen LogP contribution is -2.00. The smallest absolute Gasteiger partial charge is 0.309 e. The molecule has 0 aliphatic carbocycles. The molecule has 0 atom stereocenters. The number of aliphatic hydroxyl groups excluding tert-OH is 1. The van der Waals surface area contributed by atoms with E-state index in [0.717, 1.165) is 0 Å². The van der Waals surface area contributed by atoms with Gasteiger partial charge >= 0.3 is 5.97 Å². The van der Waals surface area contributed by atoms with Crippen molar-refractivity contribution in [3.63, 3.8) is 0 Å². The quantitative estimate of drug-likeness (QED) is 0.395. The number of hydrogen-bond acceptors (Lipinski definition) is 3. The van der Waals surface area contributed by atoms with E-state index in [1.165, 1.54) is 19.3 Å². The zero-order valence-electron chi connectivity index (χ0n) is 7.04. The third-order valence-corrected chi connectivity index (χ3v) is 1.16. The number of rotatable bonds is 4. The third kappa shape index (κ3) is 4.33. The fourth-order valence-electron chi connectivity index (χ4n) is 0.577. The lowest BCUT2D eigenvalue weighted by molar-refractivity contribution is -0.139. The highest BCUT2D eigenvalue weighted by Crippen LogP contribution is 2.04. The van der Waals surface area contributed by atoms with Crippen molar-refractivity contribution in [2.75, 3.05) is 7.11 Å². The molecule has 0 saturated carbocycles. The van der Waals surface area contributed by atoms with E-state index in [9.17, 15) is 4.79 Å². The Morgan fingerprint density at radius 2 is 2.25 bits per heavy atom. The minimum atomic E-state index is -0.381. The standard InChI is InChI=1S/C9H12O3/c1-4-8(10)5-7(2)6-9(11)12-3/h4-5,10H,1-2,6H2,3H3/b8-5+. The number of esters is 1. The van der Waals surface area contributed by atoms with Crippen molar-refractivity contribution in [3.05, 3.63) is 36.6 Å². The number of carbonyl (C=O) groups excluding carboxylic acids is 1. The van der Waals surface area contributed by atoms with Gasteiger partial charge in [0.2, 0.25) is 0 Å². The Hall–Kier alpha value is -1.51. The summed E-state index contributed by atoms with van der Waals surface area (Å²) < 4.78 is 4.40. The van der Waals surface area contributed by atoms with Crippen molar-refractivity contribution in [1.29, 1.82) is 0 Å². The van der Waals surface area contributed by atoms with E-state index in [1.54, 1.807) is 0 Å². The summed E-state index contributed by atoms with van der Waals surface area (Å²) in [5.41, 5.74) is 0.485. The van der Waals surface area contributed by atoms with Crippen molar-refractivity contribution < 1.29 is 14.6 Å². The molecule has 66 valence electrons. The Balaban J connectivity index is 4.06. The SMILES string of the molecule is C=C/C(O)=C\C(=C)CC(=O)OC. The minimum absolute atomic E-state index is 0.0103. The average Bonchev–Trinajstić information content (AvgIpc) is 2.03. The molecule has 0 aliphatic rings. The molecule has 0 bridgehead atoms. The highest BCUT2D eigenvalue weighted by Gasteiger charge is 2.01. The first-order valence-electron chi connectivity index (χ1n) is 3.38. The zero-order chi connectivity index (χ0) is 9.56. The van der Waals surface area contributed by atoms with Gasteiger partial charge in [0.05, 0.1) is 13.5 Å². The first-order valence-corrected chi connectivity index (χ1v) is 3.38. The molecule has 3 nitrogen and oxygen atoms in total. The molecular formula is C9H12O3. The Labute approximate surface area is 71.7 Å². The van der Waals surface area contributed by atoms with Crippen LogP contribution in [-0.2, 0) is 9.53 Å². The number of ether oxygens (including phenoxy) is 1. The van der Waals surface area contributed by atoms with Crippen LogP contribution in [0.3, 0.4) is 0 Å². The monoisotopic (exact) mass is 168 g/mol. The highest BCUT2D eigenvalue weighted by molar-refractivity contribution is 5.72. The maximum atomic E-state index is 10.7. The molecule has 0 fully saturated rings. The molecule has 0 saturated heterocycles. The average molecular weight is 168 g/mol. The minimum Gasteiger partial charge on any atom is -0.508 e. The second-order valence-corrected chi connectivity index (χ2v) is 2.18. The molecule has 1 N–H and O–H groups in total. The second kappa shape index (κ2) is 5.18. The van der Waals surface area contributed by atoms with E-state index in [2.05, 4.69) is 17.9 Å². The van der Waals surface area contributed by atoms with Crippen LogP contribution in [0.5, 0.6) is 0 Å². The molecule has 0 aromatic carbocycles. The molecule has 3 heteroatoms. The summed E-state index contributed by atoms with van der Waals surface area (Å²) in [5.74, 6) is -0.392. The van der Waals surface area contributed by atoms with E-state index in [4.69, 9.17) is 5.11 Å². The zero-order valence-corrected chi connectivity index (χ0v) is 7.04. The van der Waals surface area contributed by atoms with E-state index in [-0.39, 0.29) is 18.1 Å². The predicted molar refractivity (Wildman–Crippen MR) is 46.7 cm³/mol. The van der Waals surface area contributed by atoms with Crippen LogP contribution >= 0.6 is 0 Å². The van der Waals surface area contributed by atoms with Crippen molar-refractivity contribution in [3.8, 4) is 0 Å². The highest BCUT2D eigenvalue weighted by atomic mass is 16.5. The molecule has 12 heavy (non-hydrogen) atoms. The second-order valence-electron chi connectivity index (χ2n) is 2.18. The van der Waals surface area contributed by atoms with Crippen molar-refractivity contribution in [2.24, 2.45) is 0 Å². The molecule has 0 heterocycles. The number of methoxy groups -OCH3 is 1. The Morgan fingerprint density at radius 1 is 1.67 bits per heavy atom. The van der Waals surface area contributed by atoms with Gasteiger partial charge in [-0.15, -0.1) is 0 Å². The van der Waals surface area contributed by atoms with Crippen LogP contribution in [-0.4, -0.2) is 18.2 Å². The molecule has 0 radical (unpaired) electrons. The van der Waals surface area contributed by atoms with Gasteiger partial charge in [0.25, 0.3) is 0 Å². The maximum Gasteiger partial charge on any atom is 0.309 e. The maximum absolute atomic E-state index is 10.7. The molecule has 0 aliphatic heterocycles. The molecule has 0 amide bonds. The van der Waals surface area contributed by atoms with Gasteiger partial charge in [-0.2, -0.15) is 0 Å². The predicted octanol–water partition coefficient (Wildman–Crippen LogP) is 1.73. The molecular weight excluding hydrogens is 156 g/mol. The summed E-state index contributed by atoms with van der Waals surface area (Å²) in [7, 11) is 1.30. The van der Waals surface area contributed by atoms with Gasteiger partial charge < -0.3 is 9.84 Å². The molecule has 0 rings (SSSR count). The third-order valence-electron chi connectivity index (χ3n) is 1.16. The van der Waals surface area contributed by atoms with E-state index in [1.807, 2.05) is 0 Å².